The molecule has 3 atom stereocenters. The van der Waals surface area contributed by atoms with Gasteiger partial charge in [-0.3, -0.25) is 0 Å². The van der Waals surface area contributed by atoms with E-state index in [-0.39, 0.29) is 23.4 Å². The number of piperidine rings is 1. The summed E-state index contributed by atoms with van der Waals surface area (Å²) < 4.78 is 11.1. The zero-order valence-electron chi connectivity index (χ0n) is 17.6. The number of ether oxygens (including phenoxy) is 2. The van der Waals surface area contributed by atoms with E-state index in [0.29, 0.717) is 30.8 Å². The predicted octanol–water partition coefficient (Wildman–Crippen LogP) is 3.68. The molecular formula is C20H35N3O4. The van der Waals surface area contributed by atoms with Crippen LogP contribution < -0.4 is 0 Å². The SMILES string of the molecule is COC1=N[C@@H](CC(C)(C)C[C@@H]2CCCN(C(=O)O)C2)C(OC)=NC1C(C)C. The van der Waals surface area contributed by atoms with E-state index in [9.17, 15) is 9.90 Å². The molecule has 0 aromatic heterocycles. The minimum absolute atomic E-state index is 0.0107. The normalized spacial score (nSPS) is 26.5. The third kappa shape index (κ3) is 5.59. The summed E-state index contributed by atoms with van der Waals surface area (Å²) in [5, 5.41) is 9.27. The first kappa shape index (κ1) is 21.5. The van der Waals surface area contributed by atoms with Crippen molar-refractivity contribution in [3.05, 3.63) is 0 Å². The molecule has 1 amide bonds. The van der Waals surface area contributed by atoms with E-state index in [1.807, 2.05) is 0 Å². The monoisotopic (exact) mass is 381 g/mol. The molecule has 1 saturated heterocycles. The first-order valence-corrected chi connectivity index (χ1v) is 9.88. The summed E-state index contributed by atoms with van der Waals surface area (Å²) in [5.41, 5.74) is -0.0107. The van der Waals surface area contributed by atoms with Gasteiger partial charge in [-0.05, 0) is 42.9 Å². The van der Waals surface area contributed by atoms with Crippen LogP contribution >= 0.6 is 0 Å². The summed E-state index contributed by atoms with van der Waals surface area (Å²) in [5.74, 6) is 2.00. The third-order valence-electron chi connectivity index (χ3n) is 5.51. The van der Waals surface area contributed by atoms with Crippen LogP contribution in [0.25, 0.3) is 0 Å². The molecule has 0 saturated carbocycles. The van der Waals surface area contributed by atoms with Crippen molar-refractivity contribution >= 4 is 17.9 Å². The van der Waals surface area contributed by atoms with Gasteiger partial charge in [0.25, 0.3) is 0 Å². The molecule has 1 unspecified atom stereocenters. The Kier molecular flexibility index (Phi) is 7.12. The number of hydrogen-bond donors (Lipinski definition) is 1. The van der Waals surface area contributed by atoms with Gasteiger partial charge in [-0.25, -0.2) is 14.8 Å². The number of carbonyl (C=O) groups is 1. The molecule has 1 fully saturated rings. The maximum atomic E-state index is 11.3. The van der Waals surface area contributed by atoms with Gasteiger partial charge in [-0.1, -0.05) is 27.7 Å². The first-order valence-electron chi connectivity index (χ1n) is 9.88. The molecule has 7 nitrogen and oxygen atoms in total. The number of carboxylic acid groups (broad SMARTS) is 1. The summed E-state index contributed by atoms with van der Waals surface area (Å²) in [7, 11) is 3.29. The van der Waals surface area contributed by atoms with Crippen molar-refractivity contribution in [2.45, 2.75) is 65.5 Å². The standard InChI is InChI=1S/C20H35N3O4/c1-13(2)16-18(27-6)21-15(17(22-16)26-5)11-20(3,4)10-14-8-7-9-23(12-14)19(24)25/h13-16H,7-12H2,1-6H3,(H,24,25)/t14-,15-,16?/m0/s1. The van der Waals surface area contributed by atoms with Gasteiger partial charge in [-0.2, -0.15) is 0 Å². The molecule has 0 bridgehead atoms. The molecule has 1 N–H and O–H groups in total. The maximum absolute atomic E-state index is 11.3. The Labute approximate surface area is 162 Å². The highest BCUT2D eigenvalue weighted by atomic mass is 16.5. The molecule has 0 aliphatic carbocycles. The molecule has 2 heterocycles. The molecular weight excluding hydrogens is 346 g/mol. The second-order valence-corrected chi connectivity index (χ2v) is 8.86. The zero-order chi connectivity index (χ0) is 20.2. The summed E-state index contributed by atoms with van der Waals surface area (Å²) in [6.45, 7) is 9.90. The number of nitrogens with zero attached hydrogens (tertiary/aromatic N) is 3. The average Bonchev–Trinajstić information content (AvgIpc) is 2.60. The molecule has 154 valence electrons. The number of aliphatic imine (C=N–C) groups is 2. The van der Waals surface area contributed by atoms with Crippen molar-refractivity contribution < 1.29 is 19.4 Å². The van der Waals surface area contributed by atoms with Gasteiger partial charge in [0.05, 0.1) is 14.2 Å². The number of rotatable bonds is 5. The van der Waals surface area contributed by atoms with Crippen molar-refractivity contribution in [1.29, 1.82) is 0 Å². The Morgan fingerprint density at radius 1 is 1.22 bits per heavy atom. The molecule has 7 heteroatoms. The van der Waals surface area contributed by atoms with Crippen molar-refractivity contribution in [3.8, 4) is 0 Å². The lowest BCUT2D eigenvalue weighted by atomic mass is 9.75. The second-order valence-electron chi connectivity index (χ2n) is 8.86. The van der Waals surface area contributed by atoms with Crippen LogP contribution in [-0.2, 0) is 9.47 Å². The summed E-state index contributed by atoms with van der Waals surface area (Å²) in [4.78, 5) is 22.4. The van der Waals surface area contributed by atoms with E-state index in [2.05, 4.69) is 27.7 Å². The van der Waals surface area contributed by atoms with E-state index >= 15 is 0 Å². The van der Waals surface area contributed by atoms with Crippen LogP contribution in [0.2, 0.25) is 0 Å². The van der Waals surface area contributed by atoms with Crippen molar-refractivity contribution in [2.24, 2.45) is 27.2 Å². The van der Waals surface area contributed by atoms with Gasteiger partial charge in [-0.15, -0.1) is 0 Å². The molecule has 2 aliphatic rings. The maximum Gasteiger partial charge on any atom is 0.407 e. The number of amides is 1. The van der Waals surface area contributed by atoms with Gasteiger partial charge in [0.1, 0.15) is 12.1 Å². The Morgan fingerprint density at radius 2 is 1.89 bits per heavy atom. The summed E-state index contributed by atoms with van der Waals surface area (Å²) in [6.07, 6.45) is 2.94. The van der Waals surface area contributed by atoms with Gasteiger partial charge < -0.3 is 19.5 Å². The fourth-order valence-electron chi connectivity index (χ4n) is 4.29. The molecule has 0 aromatic rings. The van der Waals surface area contributed by atoms with E-state index in [1.165, 1.54) is 0 Å². The van der Waals surface area contributed by atoms with E-state index in [4.69, 9.17) is 19.5 Å². The number of hydrogen-bond acceptors (Lipinski definition) is 5. The van der Waals surface area contributed by atoms with Crippen LogP contribution in [0.15, 0.2) is 9.98 Å². The van der Waals surface area contributed by atoms with Crippen LogP contribution in [0, 0.1) is 17.3 Å². The highest BCUT2D eigenvalue weighted by Gasteiger charge is 2.36. The van der Waals surface area contributed by atoms with Crippen LogP contribution in [0.3, 0.4) is 0 Å². The van der Waals surface area contributed by atoms with Crippen LogP contribution in [0.5, 0.6) is 0 Å². The number of methoxy groups -OCH3 is 2. The largest absolute Gasteiger partial charge is 0.483 e. The van der Waals surface area contributed by atoms with Gasteiger partial charge in [0, 0.05) is 13.1 Å². The van der Waals surface area contributed by atoms with Crippen molar-refractivity contribution in [1.82, 2.24) is 4.90 Å². The highest BCUT2D eigenvalue weighted by Crippen LogP contribution is 2.36. The Bertz CT molecular complexity index is 586. The van der Waals surface area contributed by atoms with Crippen molar-refractivity contribution in [3.63, 3.8) is 0 Å². The Balaban J connectivity index is 2.07. The van der Waals surface area contributed by atoms with Gasteiger partial charge in [0.15, 0.2) is 0 Å². The van der Waals surface area contributed by atoms with Gasteiger partial charge in [0.2, 0.25) is 11.8 Å². The third-order valence-corrected chi connectivity index (χ3v) is 5.51. The molecule has 0 radical (unpaired) electrons. The molecule has 0 spiro atoms. The Morgan fingerprint density at radius 3 is 2.44 bits per heavy atom. The first-order chi connectivity index (χ1) is 12.7. The predicted molar refractivity (Wildman–Crippen MR) is 107 cm³/mol. The van der Waals surface area contributed by atoms with Crippen molar-refractivity contribution in [2.75, 3.05) is 27.3 Å². The molecule has 2 aliphatic heterocycles. The van der Waals surface area contributed by atoms with Crippen LogP contribution in [0.4, 0.5) is 4.79 Å². The highest BCUT2D eigenvalue weighted by molar-refractivity contribution is 5.94. The average molecular weight is 382 g/mol. The lowest BCUT2D eigenvalue weighted by Gasteiger charge is -2.37. The summed E-state index contributed by atoms with van der Waals surface area (Å²) in [6, 6.07) is -0.263. The fourth-order valence-corrected chi connectivity index (χ4v) is 4.29. The summed E-state index contributed by atoms with van der Waals surface area (Å²) >= 11 is 0. The minimum Gasteiger partial charge on any atom is -0.483 e. The second kappa shape index (κ2) is 8.93. The lowest BCUT2D eigenvalue weighted by molar-refractivity contribution is 0.104. The molecule has 27 heavy (non-hydrogen) atoms. The quantitative estimate of drug-likeness (QED) is 0.787. The molecule has 0 aromatic carbocycles. The topological polar surface area (TPSA) is 83.7 Å². The van der Waals surface area contributed by atoms with E-state index in [0.717, 1.165) is 25.7 Å². The van der Waals surface area contributed by atoms with E-state index in [1.54, 1.807) is 19.1 Å². The van der Waals surface area contributed by atoms with Gasteiger partial charge >= 0.3 is 6.09 Å². The fraction of sp³-hybridized carbons (Fsp3) is 0.850. The number of likely N-dealkylation sites (tertiary alicyclic amines) is 1. The smallest absolute Gasteiger partial charge is 0.407 e. The minimum atomic E-state index is -0.812. The lowest BCUT2D eigenvalue weighted by Crippen LogP contribution is -2.42. The van der Waals surface area contributed by atoms with Crippen LogP contribution in [0.1, 0.15) is 53.4 Å². The molecule has 2 rings (SSSR count). The Hall–Kier alpha value is -1.79. The van der Waals surface area contributed by atoms with E-state index < -0.39 is 6.09 Å². The van der Waals surface area contributed by atoms with Crippen LogP contribution in [-0.4, -0.2) is 67.3 Å². The zero-order valence-corrected chi connectivity index (χ0v) is 17.6.